The first-order chi connectivity index (χ1) is 9.74. The molecule has 1 N–H and O–H groups in total. The molecule has 1 fully saturated rings. The molecule has 20 heavy (non-hydrogen) atoms. The minimum atomic E-state index is -0.0663. The third kappa shape index (κ3) is 2.50. The molecule has 1 aliphatic rings. The van der Waals surface area contributed by atoms with Gasteiger partial charge in [0.2, 0.25) is 0 Å². The molecule has 3 rings (SSSR count). The number of amides is 1. The van der Waals surface area contributed by atoms with Gasteiger partial charge >= 0.3 is 0 Å². The summed E-state index contributed by atoms with van der Waals surface area (Å²) < 4.78 is 0. The van der Waals surface area contributed by atoms with Crippen molar-refractivity contribution in [3.05, 3.63) is 59.9 Å². The van der Waals surface area contributed by atoms with Gasteiger partial charge in [0.05, 0.1) is 6.20 Å². The SMILES string of the molecule is O=C(c1ccc(O)cn1)N1CCC(c2ccccc2)C1. The predicted octanol–water partition coefficient (Wildman–Crippen LogP) is 2.42. The van der Waals surface area contributed by atoms with E-state index in [1.165, 1.54) is 17.8 Å². The molecule has 4 heteroatoms. The van der Waals surface area contributed by atoms with Crippen molar-refractivity contribution in [1.29, 1.82) is 0 Å². The van der Waals surface area contributed by atoms with Crippen molar-refractivity contribution >= 4 is 5.91 Å². The van der Waals surface area contributed by atoms with Gasteiger partial charge in [-0.2, -0.15) is 0 Å². The molecule has 0 bridgehead atoms. The first-order valence-corrected chi connectivity index (χ1v) is 6.73. The number of nitrogens with zero attached hydrogens (tertiary/aromatic N) is 2. The predicted molar refractivity (Wildman–Crippen MR) is 75.6 cm³/mol. The van der Waals surface area contributed by atoms with Crippen LogP contribution in [0.3, 0.4) is 0 Å². The van der Waals surface area contributed by atoms with Gasteiger partial charge in [0.15, 0.2) is 0 Å². The summed E-state index contributed by atoms with van der Waals surface area (Å²) >= 11 is 0. The monoisotopic (exact) mass is 268 g/mol. The maximum Gasteiger partial charge on any atom is 0.272 e. The van der Waals surface area contributed by atoms with Crippen LogP contribution in [0.1, 0.15) is 28.4 Å². The topological polar surface area (TPSA) is 53.4 Å². The molecule has 0 aliphatic carbocycles. The van der Waals surface area contributed by atoms with Crippen molar-refractivity contribution in [2.75, 3.05) is 13.1 Å². The second-order valence-corrected chi connectivity index (χ2v) is 5.05. The standard InChI is InChI=1S/C16H16N2O2/c19-14-6-7-15(17-10-14)16(20)18-9-8-13(11-18)12-4-2-1-3-5-12/h1-7,10,13,19H,8-9,11H2. The van der Waals surface area contributed by atoms with Gasteiger partial charge in [-0.25, -0.2) is 4.98 Å². The molecule has 1 aromatic heterocycles. The van der Waals surface area contributed by atoms with Crippen molar-refractivity contribution in [2.45, 2.75) is 12.3 Å². The number of carbonyl (C=O) groups excluding carboxylic acids is 1. The molecule has 0 saturated carbocycles. The van der Waals surface area contributed by atoms with Gasteiger partial charge in [0, 0.05) is 19.0 Å². The summed E-state index contributed by atoms with van der Waals surface area (Å²) in [7, 11) is 0. The van der Waals surface area contributed by atoms with Crippen molar-refractivity contribution in [2.24, 2.45) is 0 Å². The highest BCUT2D eigenvalue weighted by Crippen LogP contribution is 2.27. The van der Waals surface area contributed by atoms with E-state index in [9.17, 15) is 9.90 Å². The number of carbonyl (C=O) groups is 1. The lowest BCUT2D eigenvalue weighted by atomic mass is 9.99. The third-order valence-corrected chi connectivity index (χ3v) is 3.71. The van der Waals surface area contributed by atoms with Crippen LogP contribution in [0, 0.1) is 0 Å². The fourth-order valence-corrected chi connectivity index (χ4v) is 2.62. The van der Waals surface area contributed by atoms with E-state index in [4.69, 9.17) is 0 Å². The number of pyridine rings is 1. The van der Waals surface area contributed by atoms with Gasteiger partial charge in [0.25, 0.3) is 5.91 Å². The molecular weight excluding hydrogens is 252 g/mol. The summed E-state index contributed by atoms with van der Waals surface area (Å²) in [5.74, 6) is 0.408. The van der Waals surface area contributed by atoms with E-state index in [2.05, 4.69) is 17.1 Å². The first kappa shape index (κ1) is 12.7. The van der Waals surface area contributed by atoms with Gasteiger partial charge in [-0.3, -0.25) is 4.79 Å². The Morgan fingerprint density at radius 1 is 1.20 bits per heavy atom. The summed E-state index contributed by atoms with van der Waals surface area (Å²) in [5.41, 5.74) is 1.66. The molecule has 4 nitrogen and oxygen atoms in total. The fourth-order valence-electron chi connectivity index (χ4n) is 2.62. The van der Waals surface area contributed by atoms with E-state index in [1.807, 2.05) is 23.1 Å². The molecule has 0 radical (unpaired) electrons. The van der Waals surface area contributed by atoms with Crippen LogP contribution in [-0.2, 0) is 0 Å². The Morgan fingerprint density at radius 2 is 2.00 bits per heavy atom. The van der Waals surface area contributed by atoms with Crippen molar-refractivity contribution in [3.8, 4) is 5.75 Å². The van der Waals surface area contributed by atoms with E-state index in [-0.39, 0.29) is 11.7 Å². The molecule has 1 aromatic carbocycles. The van der Waals surface area contributed by atoms with Gasteiger partial charge in [-0.15, -0.1) is 0 Å². The van der Waals surface area contributed by atoms with Crippen LogP contribution < -0.4 is 0 Å². The third-order valence-electron chi connectivity index (χ3n) is 3.71. The quantitative estimate of drug-likeness (QED) is 0.910. The van der Waals surface area contributed by atoms with Gasteiger partial charge in [0.1, 0.15) is 11.4 Å². The highest BCUT2D eigenvalue weighted by atomic mass is 16.3. The van der Waals surface area contributed by atoms with E-state index < -0.39 is 0 Å². The second kappa shape index (κ2) is 5.33. The zero-order valence-corrected chi connectivity index (χ0v) is 11.1. The van der Waals surface area contributed by atoms with Crippen LogP contribution in [0.15, 0.2) is 48.7 Å². The van der Waals surface area contributed by atoms with E-state index in [0.717, 1.165) is 19.5 Å². The van der Waals surface area contributed by atoms with E-state index in [1.54, 1.807) is 6.07 Å². The van der Waals surface area contributed by atoms with Crippen LogP contribution in [0.2, 0.25) is 0 Å². The molecule has 102 valence electrons. The largest absolute Gasteiger partial charge is 0.506 e. The maximum absolute atomic E-state index is 12.3. The smallest absolute Gasteiger partial charge is 0.272 e. The molecule has 1 saturated heterocycles. The highest BCUT2D eigenvalue weighted by molar-refractivity contribution is 5.92. The normalized spacial score (nSPS) is 18.2. The zero-order chi connectivity index (χ0) is 13.9. The van der Waals surface area contributed by atoms with Crippen LogP contribution in [0.5, 0.6) is 5.75 Å². The Labute approximate surface area is 117 Å². The number of rotatable bonds is 2. The Balaban J connectivity index is 1.71. The van der Waals surface area contributed by atoms with Crippen molar-refractivity contribution in [1.82, 2.24) is 9.88 Å². The van der Waals surface area contributed by atoms with E-state index >= 15 is 0 Å². The van der Waals surface area contributed by atoms with Crippen molar-refractivity contribution in [3.63, 3.8) is 0 Å². The molecule has 1 atom stereocenters. The molecular formula is C16H16N2O2. The van der Waals surface area contributed by atoms with Crippen LogP contribution in [-0.4, -0.2) is 34.0 Å². The van der Waals surface area contributed by atoms with E-state index in [0.29, 0.717) is 11.6 Å². The Bertz CT molecular complexity index is 596. The summed E-state index contributed by atoms with van der Waals surface area (Å²) in [6.07, 6.45) is 2.28. The maximum atomic E-state index is 12.3. The Kier molecular flexibility index (Phi) is 3.37. The second-order valence-electron chi connectivity index (χ2n) is 5.05. The van der Waals surface area contributed by atoms with Crippen molar-refractivity contribution < 1.29 is 9.90 Å². The Morgan fingerprint density at radius 3 is 2.70 bits per heavy atom. The number of aromatic hydroxyl groups is 1. The lowest BCUT2D eigenvalue weighted by molar-refractivity contribution is 0.0785. The van der Waals surface area contributed by atoms with Gasteiger partial charge in [-0.1, -0.05) is 30.3 Å². The summed E-state index contributed by atoms with van der Waals surface area (Å²) in [5, 5.41) is 9.21. The number of aromatic nitrogens is 1. The van der Waals surface area contributed by atoms with Crippen LogP contribution in [0.25, 0.3) is 0 Å². The average molecular weight is 268 g/mol. The average Bonchev–Trinajstić information content (AvgIpc) is 2.98. The molecule has 1 aliphatic heterocycles. The van der Waals surface area contributed by atoms with Crippen LogP contribution >= 0.6 is 0 Å². The summed E-state index contributed by atoms with van der Waals surface area (Å²) in [6.45, 7) is 1.48. The summed E-state index contributed by atoms with van der Waals surface area (Å²) in [4.78, 5) is 18.1. The lowest BCUT2D eigenvalue weighted by Crippen LogP contribution is -2.29. The van der Waals surface area contributed by atoms with Gasteiger partial charge < -0.3 is 10.0 Å². The molecule has 1 amide bonds. The minimum Gasteiger partial charge on any atom is -0.506 e. The lowest BCUT2D eigenvalue weighted by Gasteiger charge is -2.16. The first-order valence-electron chi connectivity index (χ1n) is 6.73. The molecule has 1 unspecified atom stereocenters. The fraction of sp³-hybridized carbons (Fsp3) is 0.250. The minimum absolute atomic E-state index is 0.0663. The summed E-state index contributed by atoms with van der Waals surface area (Å²) in [6, 6.07) is 13.3. The zero-order valence-electron chi connectivity index (χ0n) is 11.1. The Hall–Kier alpha value is -2.36. The van der Waals surface area contributed by atoms with Crippen LogP contribution in [0.4, 0.5) is 0 Å². The van der Waals surface area contributed by atoms with Gasteiger partial charge in [-0.05, 0) is 24.1 Å². The number of hydrogen-bond acceptors (Lipinski definition) is 3. The molecule has 2 heterocycles. The molecule has 2 aromatic rings. The number of likely N-dealkylation sites (tertiary alicyclic amines) is 1. The highest BCUT2D eigenvalue weighted by Gasteiger charge is 2.28. The molecule has 0 spiro atoms. The number of hydrogen-bond donors (Lipinski definition) is 1. The number of benzene rings is 1.